The lowest BCUT2D eigenvalue weighted by Gasteiger charge is -2.07. The van der Waals surface area contributed by atoms with Crippen molar-refractivity contribution in [3.63, 3.8) is 0 Å². The fraction of sp³-hybridized carbons (Fsp3) is 0.0769. The molecule has 3 aromatic heterocycles. The van der Waals surface area contributed by atoms with Gasteiger partial charge in [0.05, 0.1) is 24.0 Å². The van der Waals surface area contributed by atoms with Crippen molar-refractivity contribution in [1.29, 1.82) is 5.26 Å². The molecule has 0 aliphatic carbocycles. The lowest BCUT2D eigenvalue weighted by atomic mass is 10.3. The zero-order valence-electron chi connectivity index (χ0n) is 9.98. The van der Waals surface area contributed by atoms with E-state index in [0.717, 1.165) is 17.2 Å². The quantitative estimate of drug-likeness (QED) is 0.764. The first-order chi connectivity index (χ1) is 9.36. The molecule has 3 aromatic rings. The van der Waals surface area contributed by atoms with Gasteiger partial charge in [0.1, 0.15) is 11.9 Å². The predicted molar refractivity (Wildman–Crippen MR) is 69.3 cm³/mol. The number of rotatable bonds is 3. The molecule has 6 nitrogen and oxygen atoms in total. The molecular weight excluding hydrogens is 240 g/mol. The molecule has 0 radical (unpaired) electrons. The normalized spacial score (nSPS) is 10.3. The summed E-state index contributed by atoms with van der Waals surface area (Å²) in [5.74, 6) is 0.719. The standard InChI is InChI=1S/C13H10N6/c14-7-10-1-2-12(16-8-10)17-9-11-3-5-15-13-4-6-18-19(11)13/h1-6,8H,9H2,(H,16,17). The van der Waals surface area contributed by atoms with Crippen LogP contribution in [0.4, 0.5) is 5.82 Å². The molecule has 0 saturated heterocycles. The Morgan fingerprint density at radius 3 is 2.89 bits per heavy atom. The maximum Gasteiger partial charge on any atom is 0.155 e. The Bertz CT molecular complexity index is 738. The molecule has 0 aliphatic rings. The summed E-state index contributed by atoms with van der Waals surface area (Å²) in [6, 6.07) is 9.29. The van der Waals surface area contributed by atoms with E-state index in [9.17, 15) is 0 Å². The molecule has 92 valence electrons. The van der Waals surface area contributed by atoms with E-state index in [-0.39, 0.29) is 0 Å². The number of pyridine rings is 1. The molecule has 19 heavy (non-hydrogen) atoms. The van der Waals surface area contributed by atoms with Gasteiger partial charge >= 0.3 is 0 Å². The Hall–Kier alpha value is -2.94. The predicted octanol–water partition coefficient (Wildman–Crippen LogP) is 1.61. The molecule has 0 unspecified atom stereocenters. The third-order valence-electron chi connectivity index (χ3n) is 2.71. The molecule has 0 aromatic carbocycles. The molecule has 3 heterocycles. The first kappa shape index (κ1) is 11.2. The zero-order valence-corrected chi connectivity index (χ0v) is 9.98. The van der Waals surface area contributed by atoms with Gasteiger partial charge < -0.3 is 5.32 Å². The van der Waals surface area contributed by atoms with Gasteiger partial charge in [-0.3, -0.25) is 0 Å². The summed E-state index contributed by atoms with van der Waals surface area (Å²) in [4.78, 5) is 8.35. The minimum atomic E-state index is 0.545. The monoisotopic (exact) mass is 250 g/mol. The number of nitrogens with zero attached hydrogens (tertiary/aromatic N) is 5. The summed E-state index contributed by atoms with van der Waals surface area (Å²) in [6.07, 6.45) is 5.00. The summed E-state index contributed by atoms with van der Waals surface area (Å²) in [6.45, 7) is 0.583. The van der Waals surface area contributed by atoms with Crippen LogP contribution in [0.5, 0.6) is 0 Å². The zero-order chi connectivity index (χ0) is 13.1. The van der Waals surface area contributed by atoms with Gasteiger partial charge in [0.15, 0.2) is 5.65 Å². The third-order valence-corrected chi connectivity index (χ3v) is 2.71. The van der Waals surface area contributed by atoms with Gasteiger partial charge in [-0.2, -0.15) is 10.4 Å². The van der Waals surface area contributed by atoms with E-state index in [1.165, 1.54) is 0 Å². The topological polar surface area (TPSA) is 78.9 Å². The van der Waals surface area contributed by atoms with Crippen molar-refractivity contribution in [2.75, 3.05) is 5.32 Å². The maximum absolute atomic E-state index is 8.70. The number of nitrogens with one attached hydrogen (secondary N) is 1. The first-order valence-corrected chi connectivity index (χ1v) is 5.74. The van der Waals surface area contributed by atoms with Crippen LogP contribution in [0, 0.1) is 11.3 Å². The van der Waals surface area contributed by atoms with Crippen LogP contribution in [0.25, 0.3) is 5.65 Å². The lowest BCUT2D eigenvalue weighted by Crippen LogP contribution is -2.07. The van der Waals surface area contributed by atoms with Gasteiger partial charge in [-0.05, 0) is 18.2 Å². The van der Waals surface area contributed by atoms with E-state index in [2.05, 4.69) is 20.4 Å². The molecule has 0 aliphatic heterocycles. The lowest BCUT2D eigenvalue weighted by molar-refractivity contribution is 0.852. The molecule has 0 fully saturated rings. The van der Waals surface area contributed by atoms with Crippen LogP contribution in [-0.2, 0) is 6.54 Å². The maximum atomic E-state index is 8.70. The van der Waals surface area contributed by atoms with Crippen LogP contribution in [-0.4, -0.2) is 19.6 Å². The summed E-state index contributed by atoms with van der Waals surface area (Å²) in [7, 11) is 0. The number of anilines is 1. The van der Waals surface area contributed by atoms with Crippen molar-refractivity contribution in [1.82, 2.24) is 19.6 Å². The molecule has 6 heteroatoms. The van der Waals surface area contributed by atoms with Crippen LogP contribution in [0.3, 0.4) is 0 Å². The number of fused-ring (bicyclic) bond motifs is 1. The summed E-state index contributed by atoms with van der Waals surface area (Å²) in [5, 5.41) is 16.1. The van der Waals surface area contributed by atoms with Crippen molar-refractivity contribution in [3.8, 4) is 6.07 Å². The fourth-order valence-corrected chi connectivity index (χ4v) is 1.77. The Morgan fingerprint density at radius 2 is 2.11 bits per heavy atom. The number of aromatic nitrogens is 4. The largest absolute Gasteiger partial charge is 0.364 e. The summed E-state index contributed by atoms with van der Waals surface area (Å²) >= 11 is 0. The Morgan fingerprint density at radius 1 is 1.16 bits per heavy atom. The summed E-state index contributed by atoms with van der Waals surface area (Å²) < 4.78 is 1.77. The van der Waals surface area contributed by atoms with Gasteiger partial charge in [0, 0.05) is 18.5 Å². The fourth-order valence-electron chi connectivity index (χ4n) is 1.77. The molecule has 3 rings (SSSR count). The van der Waals surface area contributed by atoms with E-state index >= 15 is 0 Å². The van der Waals surface area contributed by atoms with Crippen LogP contribution in [0.15, 0.2) is 42.9 Å². The van der Waals surface area contributed by atoms with E-state index in [4.69, 9.17) is 5.26 Å². The minimum Gasteiger partial charge on any atom is -0.364 e. The molecule has 1 N–H and O–H groups in total. The van der Waals surface area contributed by atoms with Crippen molar-refractivity contribution in [2.24, 2.45) is 0 Å². The van der Waals surface area contributed by atoms with E-state index < -0.39 is 0 Å². The highest BCUT2D eigenvalue weighted by Gasteiger charge is 2.02. The molecule has 0 saturated carbocycles. The van der Waals surface area contributed by atoms with Gasteiger partial charge in [0.25, 0.3) is 0 Å². The van der Waals surface area contributed by atoms with Crippen LogP contribution >= 0.6 is 0 Å². The summed E-state index contributed by atoms with van der Waals surface area (Å²) in [5.41, 5.74) is 2.34. The van der Waals surface area contributed by atoms with Crippen LogP contribution < -0.4 is 5.32 Å². The second-order valence-electron chi connectivity index (χ2n) is 3.93. The van der Waals surface area contributed by atoms with Gasteiger partial charge in [-0.15, -0.1) is 0 Å². The molecule has 0 bridgehead atoms. The first-order valence-electron chi connectivity index (χ1n) is 5.74. The van der Waals surface area contributed by atoms with Gasteiger partial charge in [-0.25, -0.2) is 14.5 Å². The minimum absolute atomic E-state index is 0.545. The smallest absolute Gasteiger partial charge is 0.155 e. The second-order valence-corrected chi connectivity index (χ2v) is 3.93. The number of hydrogen-bond donors (Lipinski definition) is 1. The van der Waals surface area contributed by atoms with Crippen molar-refractivity contribution < 1.29 is 0 Å². The van der Waals surface area contributed by atoms with Crippen molar-refractivity contribution >= 4 is 11.5 Å². The van der Waals surface area contributed by atoms with E-state index in [1.807, 2.05) is 18.2 Å². The average Bonchev–Trinajstić information content (AvgIpc) is 2.94. The second kappa shape index (κ2) is 4.74. The Balaban J connectivity index is 1.78. The molecule has 0 spiro atoms. The third kappa shape index (κ3) is 2.21. The van der Waals surface area contributed by atoms with Crippen molar-refractivity contribution in [3.05, 3.63) is 54.1 Å². The van der Waals surface area contributed by atoms with E-state index in [0.29, 0.717) is 12.1 Å². The molecule has 0 atom stereocenters. The van der Waals surface area contributed by atoms with Crippen LogP contribution in [0.2, 0.25) is 0 Å². The van der Waals surface area contributed by atoms with Crippen LogP contribution in [0.1, 0.15) is 11.3 Å². The highest BCUT2D eigenvalue weighted by Crippen LogP contribution is 2.08. The number of hydrogen-bond acceptors (Lipinski definition) is 5. The Kier molecular flexibility index (Phi) is 2.79. The van der Waals surface area contributed by atoms with Gasteiger partial charge in [0.2, 0.25) is 0 Å². The molecular formula is C13H10N6. The van der Waals surface area contributed by atoms with E-state index in [1.54, 1.807) is 35.2 Å². The van der Waals surface area contributed by atoms with Crippen molar-refractivity contribution in [2.45, 2.75) is 6.54 Å². The average molecular weight is 250 g/mol. The highest BCUT2D eigenvalue weighted by atomic mass is 15.3. The van der Waals surface area contributed by atoms with Gasteiger partial charge in [-0.1, -0.05) is 0 Å². The number of nitriles is 1. The highest BCUT2D eigenvalue weighted by molar-refractivity contribution is 5.41. The molecule has 0 amide bonds. The Labute approximate surface area is 109 Å². The SMILES string of the molecule is N#Cc1ccc(NCc2ccnc3ccnn23)nc1.